The summed E-state index contributed by atoms with van der Waals surface area (Å²) in [5.41, 5.74) is -0.0449. The number of carbonyl (C=O) groups excluding carboxylic acids is 1. The predicted octanol–water partition coefficient (Wildman–Crippen LogP) is 2.10. The van der Waals surface area contributed by atoms with Gasteiger partial charge in [0.2, 0.25) is 0 Å². The quantitative estimate of drug-likeness (QED) is 0.835. The fraction of sp³-hybridized carbons (Fsp3) is 0.462. The van der Waals surface area contributed by atoms with Crippen molar-refractivity contribution in [2.45, 2.75) is 19.3 Å². The van der Waals surface area contributed by atoms with E-state index in [0.29, 0.717) is 6.42 Å². The zero-order valence-corrected chi connectivity index (χ0v) is 11.4. The Bertz CT molecular complexity index is 538. The molecule has 1 saturated carbocycles. The van der Waals surface area contributed by atoms with Gasteiger partial charge >= 0.3 is 5.97 Å². The van der Waals surface area contributed by atoms with Crippen molar-refractivity contribution in [1.82, 2.24) is 10.3 Å². The summed E-state index contributed by atoms with van der Waals surface area (Å²) in [6.45, 7) is 0.239. The van der Waals surface area contributed by atoms with E-state index >= 15 is 0 Å². The Hall–Kier alpha value is -1.69. The van der Waals surface area contributed by atoms with Crippen molar-refractivity contribution in [3.63, 3.8) is 0 Å². The highest BCUT2D eigenvalue weighted by molar-refractivity contribution is 6.32. The van der Waals surface area contributed by atoms with Gasteiger partial charge in [-0.3, -0.25) is 9.59 Å². The number of halogens is 2. The van der Waals surface area contributed by atoms with Crippen molar-refractivity contribution in [1.29, 1.82) is 0 Å². The van der Waals surface area contributed by atoms with Crippen LogP contribution in [0.2, 0.25) is 5.15 Å². The average molecular weight is 301 g/mol. The Morgan fingerprint density at radius 3 is 2.95 bits per heavy atom. The van der Waals surface area contributed by atoms with E-state index in [1.807, 2.05) is 0 Å². The normalized spacial score (nSPS) is 21.7. The summed E-state index contributed by atoms with van der Waals surface area (Å²) >= 11 is 5.73. The summed E-state index contributed by atoms with van der Waals surface area (Å²) in [5.74, 6) is -2.57. The van der Waals surface area contributed by atoms with Crippen molar-refractivity contribution in [3.05, 3.63) is 28.8 Å². The van der Waals surface area contributed by atoms with E-state index < -0.39 is 23.6 Å². The van der Waals surface area contributed by atoms with Crippen LogP contribution in [-0.2, 0) is 4.79 Å². The smallest absolute Gasteiger partial charge is 0.306 e. The average Bonchev–Trinajstić information content (AvgIpc) is 2.87. The summed E-state index contributed by atoms with van der Waals surface area (Å²) in [7, 11) is 0. The third-order valence-corrected chi connectivity index (χ3v) is 3.85. The molecule has 0 radical (unpaired) electrons. The molecule has 20 heavy (non-hydrogen) atoms. The fourth-order valence-corrected chi connectivity index (χ4v) is 2.70. The number of nitrogens with one attached hydrogen (secondary N) is 1. The number of aromatic nitrogens is 1. The number of carboxylic acid groups (broad SMARTS) is 1. The van der Waals surface area contributed by atoms with Crippen LogP contribution >= 0.6 is 11.6 Å². The topological polar surface area (TPSA) is 79.3 Å². The maximum Gasteiger partial charge on any atom is 0.306 e. The van der Waals surface area contributed by atoms with E-state index in [1.54, 1.807) is 0 Å². The summed E-state index contributed by atoms with van der Waals surface area (Å²) in [6.07, 6.45) is 3.14. The van der Waals surface area contributed by atoms with Crippen LogP contribution in [0, 0.1) is 17.7 Å². The molecule has 1 aliphatic rings. The third-order valence-electron chi connectivity index (χ3n) is 3.55. The molecule has 1 aliphatic carbocycles. The van der Waals surface area contributed by atoms with Gasteiger partial charge in [0.25, 0.3) is 5.91 Å². The first-order chi connectivity index (χ1) is 9.49. The van der Waals surface area contributed by atoms with Crippen molar-refractivity contribution >= 4 is 23.5 Å². The summed E-state index contributed by atoms with van der Waals surface area (Å²) in [4.78, 5) is 26.5. The number of hydrogen-bond acceptors (Lipinski definition) is 3. The number of carboxylic acids is 1. The van der Waals surface area contributed by atoms with Crippen LogP contribution < -0.4 is 5.32 Å². The molecule has 1 heterocycles. The standard InChI is InChI=1S/C13H14ClFN2O3/c14-11-10(4-8(15)6-16-11)12(18)17-5-7-2-1-3-9(7)13(19)20/h4,6-7,9H,1-3,5H2,(H,17,18)(H,19,20). The van der Waals surface area contributed by atoms with E-state index in [0.717, 1.165) is 25.1 Å². The lowest BCUT2D eigenvalue weighted by atomic mass is 9.96. The summed E-state index contributed by atoms with van der Waals surface area (Å²) in [5, 5.41) is 11.6. The highest BCUT2D eigenvalue weighted by Gasteiger charge is 2.33. The minimum absolute atomic E-state index is 0.0449. The van der Waals surface area contributed by atoms with Crippen LogP contribution in [-0.4, -0.2) is 28.5 Å². The lowest BCUT2D eigenvalue weighted by Crippen LogP contribution is -2.33. The van der Waals surface area contributed by atoms with Crippen LogP contribution in [0.1, 0.15) is 29.6 Å². The minimum atomic E-state index is -0.841. The first-order valence-electron chi connectivity index (χ1n) is 6.31. The molecule has 2 atom stereocenters. The number of rotatable bonds is 4. The van der Waals surface area contributed by atoms with Gasteiger partial charge in [0.15, 0.2) is 0 Å². The second-order valence-corrected chi connectivity index (χ2v) is 5.20. The Kier molecular flexibility index (Phi) is 4.54. The number of pyridine rings is 1. The minimum Gasteiger partial charge on any atom is -0.481 e. The van der Waals surface area contributed by atoms with Crippen molar-refractivity contribution < 1.29 is 19.1 Å². The lowest BCUT2D eigenvalue weighted by Gasteiger charge is -2.16. The molecular formula is C13H14ClFN2O3. The molecule has 108 valence electrons. The maximum absolute atomic E-state index is 13.0. The second kappa shape index (κ2) is 6.17. The van der Waals surface area contributed by atoms with E-state index in [2.05, 4.69) is 10.3 Å². The molecule has 2 N–H and O–H groups in total. The Morgan fingerprint density at radius 2 is 2.25 bits per heavy atom. The molecule has 7 heteroatoms. The molecule has 0 aromatic carbocycles. The SMILES string of the molecule is O=C(NCC1CCCC1C(=O)O)c1cc(F)cnc1Cl. The molecule has 2 unspecified atom stereocenters. The Balaban J connectivity index is 1.98. The van der Waals surface area contributed by atoms with Crippen molar-refractivity contribution in [2.75, 3.05) is 6.54 Å². The largest absolute Gasteiger partial charge is 0.481 e. The van der Waals surface area contributed by atoms with Gasteiger partial charge in [0.1, 0.15) is 11.0 Å². The van der Waals surface area contributed by atoms with E-state index in [9.17, 15) is 14.0 Å². The van der Waals surface area contributed by atoms with Crippen LogP contribution in [0.5, 0.6) is 0 Å². The highest BCUT2D eigenvalue weighted by atomic mass is 35.5. The first-order valence-corrected chi connectivity index (χ1v) is 6.69. The van der Waals surface area contributed by atoms with Crippen LogP contribution in [0.4, 0.5) is 4.39 Å². The number of aliphatic carboxylic acids is 1. The predicted molar refractivity (Wildman–Crippen MR) is 70.0 cm³/mol. The molecule has 2 rings (SSSR count). The molecule has 1 amide bonds. The molecule has 1 aromatic heterocycles. The lowest BCUT2D eigenvalue weighted by molar-refractivity contribution is -0.142. The Labute approximate surface area is 120 Å². The van der Waals surface area contributed by atoms with Gasteiger partial charge in [-0.25, -0.2) is 9.37 Å². The number of amides is 1. The molecular weight excluding hydrogens is 287 g/mol. The van der Waals surface area contributed by atoms with Gasteiger partial charge in [-0.2, -0.15) is 0 Å². The molecule has 0 bridgehead atoms. The van der Waals surface area contributed by atoms with Gasteiger partial charge in [0, 0.05) is 6.54 Å². The van der Waals surface area contributed by atoms with E-state index in [1.165, 1.54) is 0 Å². The summed E-state index contributed by atoms with van der Waals surface area (Å²) in [6, 6.07) is 1.01. The van der Waals surface area contributed by atoms with Gasteiger partial charge in [-0.15, -0.1) is 0 Å². The van der Waals surface area contributed by atoms with Crippen LogP contribution in [0.15, 0.2) is 12.3 Å². The van der Waals surface area contributed by atoms with E-state index in [4.69, 9.17) is 16.7 Å². The number of carbonyl (C=O) groups is 2. The first kappa shape index (κ1) is 14.7. The highest BCUT2D eigenvalue weighted by Crippen LogP contribution is 2.31. The van der Waals surface area contributed by atoms with E-state index in [-0.39, 0.29) is 23.2 Å². The molecule has 0 spiro atoms. The maximum atomic E-state index is 13.0. The van der Waals surface area contributed by atoms with Gasteiger partial charge < -0.3 is 10.4 Å². The second-order valence-electron chi connectivity index (χ2n) is 4.84. The molecule has 0 saturated heterocycles. The number of hydrogen-bond donors (Lipinski definition) is 2. The van der Waals surface area contributed by atoms with Crippen LogP contribution in [0.3, 0.4) is 0 Å². The van der Waals surface area contributed by atoms with Gasteiger partial charge in [0.05, 0.1) is 17.7 Å². The fourth-order valence-electron chi connectivity index (χ4n) is 2.51. The van der Waals surface area contributed by atoms with Gasteiger partial charge in [-0.1, -0.05) is 18.0 Å². The number of nitrogens with zero attached hydrogens (tertiary/aromatic N) is 1. The Morgan fingerprint density at radius 1 is 1.50 bits per heavy atom. The van der Waals surface area contributed by atoms with Gasteiger partial charge in [-0.05, 0) is 24.8 Å². The van der Waals surface area contributed by atoms with Crippen molar-refractivity contribution in [3.8, 4) is 0 Å². The zero-order valence-electron chi connectivity index (χ0n) is 10.6. The molecule has 1 aromatic rings. The molecule has 1 fully saturated rings. The zero-order chi connectivity index (χ0) is 14.7. The monoisotopic (exact) mass is 300 g/mol. The van der Waals surface area contributed by atoms with Crippen LogP contribution in [0.25, 0.3) is 0 Å². The third kappa shape index (κ3) is 3.25. The summed E-state index contributed by atoms with van der Waals surface area (Å²) < 4.78 is 13.0. The molecule has 5 nitrogen and oxygen atoms in total. The van der Waals surface area contributed by atoms with Crippen molar-refractivity contribution in [2.24, 2.45) is 11.8 Å². The molecule has 0 aliphatic heterocycles.